The van der Waals surface area contributed by atoms with Gasteiger partial charge in [-0.2, -0.15) is 0 Å². The lowest BCUT2D eigenvalue weighted by atomic mass is 9.64. The van der Waals surface area contributed by atoms with Crippen LogP contribution in [0.5, 0.6) is 0 Å². The molecule has 4 heteroatoms. The molecule has 0 aromatic carbocycles. The minimum atomic E-state index is -0.491. The highest BCUT2D eigenvalue weighted by Gasteiger charge is 2.49. The highest BCUT2D eigenvalue weighted by molar-refractivity contribution is 5.82. The number of nitrogens with two attached hydrogens (primary N) is 1. The fourth-order valence-corrected chi connectivity index (χ4v) is 2.18. The van der Waals surface area contributed by atoms with Crippen molar-refractivity contribution in [1.82, 2.24) is 5.32 Å². The van der Waals surface area contributed by atoms with Gasteiger partial charge in [0.05, 0.1) is 12.1 Å². The molecule has 4 nitrogen and oxygen atoms in total. The van der Waals surface area contributed by atoms with Gasteiger partial charge in [0.2, 0.25) is 5.91 Å². The Morgan fingerprint density at radius 3 is 2.82 bits per heavy atom. The van der Waals surface area contributed by atoms with Crippen LogP contribution in [0.1, 0.15) is 33.6 Å². The molecule has 1 fully saturated rings. The monoisotopic (exact) mass is 240 g/mol. The number of rotatable bonds is 6. The number of hydrogen-bond acceptors (Lipinski definition) is 3. The molecule has 1 aliphatic rings. The second-order valence-corrected chi connectivity index (χ2v) is 5.19. The van der Waals surface area contributed by atoms with Crippen molar-refractivity contribution in [2.75, 3.05) is 6.61 Å². The van der Waals surface area contributed by atoms with Crippen molar-refractivity contribution in [1.29, 1.82) is 0 Å². The zero-order valence-corrected chi connectivity index (χ0v) is 11.0. The fraction of sp³-hybridized carbons (Fsp3) is 0.769. The number of carbonyl (C=O) groups excluding carboxylic acids is 1. The first-order valence-corrected chi connectivity index (χ1v) is 6.21. The van der Waals surface area contributed by atoms with E-state index in [2.05, 4.69) is 25.7 Å². The molecule has 3 unspecified atom stereocenters. The van der Waals surface area contributed by atoms with Crippen molar-refractivity contribution in [2.24, 2.45) is 11.1 Å². The van der Waals surface area contributed by atoms with Crippen molar-refractivity contribution in [3.63, 3.8) is 0 Å². The summed E-state index contributed by atoms with van der Waals surface area (Å²) in [4.78, 5) is 11.8. The summed E-state index contributed by atoms with van der Waals surface area (Å²) < 4.78 is 5.61. The normalized spacial score (nSPS) is 28.0. The van der Waals surface area contributed by atoms with Gasteiger partial charge < -0.3 is 15.8 Å². The largest absolute Gasteiger partial charge is 0.378 e. The Labute approximate surface area is 104 Å². The van der Waals surface area contributed by atoms with Crippen molar-refractivity contribution >= 4 is 5.91 Å². The first-order chi connectivity index (χ1) is 7.93. The Hall–Kier alpha value is -0.870. The van der Waals surface area contributed by atoms with Gasteiger partial charge in [0.25, 0.3) is 0 Å². The third-order valence-electron chi connectivity index (χ3n) is 3.62. The Balaban J connectivity index is 2.44. The fourth-order valence-electron chi connectivity index (χ4n) is 2.18. The molecule has 0 aliphatic heterocycles. The van der Waals surface area contributed by atoms with E-state index in [9.17, 15) is 4.79 Å². The smallest absolute Gasteiger partial charge is 0.237 e. The minimum absolute atomic E-state index is 0.0143. The molecule has 1 amide bonds. The molecular formula is C13H24N2O2. The molecule has 0 aromatic heterocycles. The number of carbonyl (C=O) groups is 1. The van der Waals surface area contributed by atoms with Crippen LogP contribution in [0.3, 0.4) is 0 Å². The van der Waals surface area contributed by atoms with Crippen LogP contribution < -0.4 is 11.1 Å². The third-order valence-corrected chi connectivity index (χ3v) is 3.62. The summed E-state index contributed by atoms with van der Waals surface area (Å²) in [5.41, 5.74) is 5.71. The second-order valence-electron chi connectivity index (χ2n) is 5.19. The predicted molar refractivity (Wildman–Crippen MR) is 68.5 cm³/mol. The summed E-state index contributed by atoms with van der Waals surface area (Å²) in [5, 5.41) is 2.99. The zero-order chi connectivity index (χ0) is 13.1. The number of hydrogen-bond donors (Lipinski definition) is 2. The van der Waals surface area contributed by atoms with E-state index >= 15 is 0 Å². The number of ether oxygens (including phenoxy) is 1. The number of nitrogens with one attached hydrogen (secondary N) is 1. The summed E-state index contributed by atoms with van der Waals surface area (Å²) in [6.07, 6.45) is 3.27. The molecular weight excluding hydrogens is 216 g/mol. The van der Waals surface area contributed by atoms with Crippen molar-refractivity contribution < 1.29 is 9.53 Å². The Morgan fingerprint density at radius 2 is 2.35 bits per heavy atom. The molecule has 0 aromatic rings. The van der Waals surface area contributed by atoms with Gasteiger partial charge in [0.1, 0.15) is 0 Å². The van der Waals surface area contributed by atoms with E-state index in [1.807, 2.05) is 6.92 Å². The first-order valence-electron chi connectivity index (χ1n) is 6.21. The van der Waals surface area contributed by atoms with Crippen LogP contribution in [0.4, 0.5) is 0 Å². The average Bonchev–Trinajstić information content (AvgIpc) is 2.27. The van der Waals surface area contributed by atoms with Crippen LogP contribution in [-0.4, -0.2) is 30.7 Å². The highest BCUT2D eigenvalue weighted by Crippen LogP contribution is 2.42. The van der Waals surface area contributed by atoms with E-state index in [0.717, 1.165) is 6.42 Å². The van der Waals surface area contributed by atoms with Crippen LogP contribution >= 0.6 is 0 Å². The maximum absolute atomic E-state index is 11.8. The summed E-state index contributed by atoms with van der Waals surface area (Å²) in [5.74, 6) is -0.0991. The summed E-state index contributed by atoms with van der Waals surface area (Å²) in [6, 6.07) is -0.336. The molecule has 0 saturated heterocycles. The standard InChI is InChI=1S/C13H24N2O2/c1-5-7-9(14)12(16)15-10-8-11(17-6-2)13(10,3)4/h5,9-11H,1,6-8,14H2,2-4H3,(H,15,16). The van der Waals surface area contributed by atoms with Gasteiger partial charge in [0.15, 0.2) is 0 Å². The third kappa shape index (κ3) is 3.07. The topological polar surface area (TPSA) is 64.4 Å². The van der Waals surface area contributed by atoms with E-state index in [-0.39, 0.29) is 23.5 Å². The van der Waals surface area contributed by atoms with Crippen molar-refractivity contribution in [3.05, 3.63) is 12.7 Å². The van der Waals surface area contributed by atoms with Gasteiger partial charge in [-0.3, -0.25) is 4.79 Å². The van der Waals surface area contributed by atoms with Gasteiger partial charge >= 0.3 is 0 Å². The van der Waals surface area contributed by atoms with Gasteiger partial charge in [-0.15, -0.1) is 6.58 Å². The molecule has 1 saturated carbocycles. The molecule has 0 heterocycles. The molecule has 0 bridgehead atoms. The van der Waals surface area contributed by atoms with Crippen LogP contribution in [-0.2, 0) is 9.53 Å². The van der Waals surface area contributed by atoms with Gasteiger partial charge in [-0.25, -0.2) is 0 Å². The van der Waals surface area contributed by atoms with Crippen LogP contribution in [0.25, 0.3) is 0 Å². The van der Waals surface area contributed by atoms with Crippen LogP contribution in [0.2, 0.25) is 0 Å². The maximum Gasteiger partial charge on any atom is 0.237 e. The lowest BCUT2D eigenvalue weighted by Crippen LogP contribution is -2.63. The van der Waals surface area contributed by atoms with Gasteiger partial charge in [0, 0.05) is 18.1 Å². The average molecular weight is 240 g/mol. The number of amides is 1. The van der Waals surface area contributed by atoms with E-state index in [0.29, 0.717) is 13.0 Å². The quantitative estimate of drug-likeness (QED) is 0.686. The molecule has 1 rings (SSSR count). The molecule has 3 N–H and O–H groups in total. The molecule has 1 aliphatic carbocycles. The molecule has 17 heavy (non-hydrogen) atoms. The SMILES string of the molecule is C=CCC(N)C(=O)NC1CC(OCC)C1(C)C. The molecule has 0 spiro atoms. The van der Waals surface area contributed by atoms with Crippen molar-refractivity contribution in [3.8, 4) is 0 Å². The Bertz CT molecular complexity index is 289. The van der Waals surface area contributed by atoms with E-state index in [1.165, 1.54) is 0 Å². The van der Waals surface area contributed by atoms with E-state index in [4.69, 9.17) is 10.5 Å². The molecule has 98 valence electrons. The molecule has 3 atom stereocenters. The van der Waals surface area contributed by atoms with E-state index in [1.54, 1.807) is 6.08 Å². The van der Waals surface area contributed by atoms with Crippen LogP contribution in [0, 0.1) is 5.41 Å². The summed E-state index contributed by atoms with van der Waals surface area (Å²) in [7, 11) is 0. The van der Waals surface area contributed by atoms with Crippen LogP contribution in [0.15, 0.2) is 12.7 Å². The van der Waals surface area contributed by atoms with Gasteiger partial charge in [-0.1, -0.05) is 19.9 Å². The van der Waals surface area contributed by atoms with E-state index < -0.39 is 6.04 Å². The zero-order valence-electron chi connectivity index (χ0n) is 11.0. The summed E-state index contributed by atoms with van der Waals surface area (Å²) in [6.45, 7) is 10.5. The Morgan fingerprint density at radius 1 is 1.71 bits per heavy atom. The first kappa shape index (κ1) is 14.2. The minimum Gasteiger partial charge on any atom is -0.378 e. The lowest BCUT2D eigenvalue weighted by Gasteiger charge is -2.51. The summed E-state index contributed by atoms with van der Waals surface area (Å²) >= 11 is 0. The highest BCUT2D eigenvalue weighted by atomic mass is 16.5. The second kappa shape index (κ2) is 5.65. The predicted octanol–water partition coefficient (Wildman–Crippen LogP) is 1.21. The van der Waals surface area contributed by atoms with Gasteiger partial charge in [-0.05, 0) is 19.8 Å². The molecule has 0 radical (unpaired) electrons. The van der Waals surface area contributed by atoms with Crippen molar-refractivity contribution in [2.45, 2.75) is 51.8 Å². The lowest BCUT2D eigenvalue weighted by molar-refractivity contribution is -0.137. The Kier molecular flexibility index (Phi) is 4.71. The maximum atomic E-state index is 11.8.